The number of fused-ring (bicyclic) bond motifs is 5. The van der Waals surface area contributed by atoms with E-state index in [2.05, 4.69) is 54.2 Å². The lowest BCUT2D eigenvalue weighted by atomic mass is 9.35. The smallest absolute Gasteiger partial charge is 0.126 e. The summed E-state index contributed by atoms with van der Waals surface area (Å²) in [4.78, 5) is 12.6. The van der Waals surface area contributed by atoms with Gasteiger partial charge in [-0.1, -0.05) is 58.4 Å². The zero-order chi connectivity index (χ0) is 23.5. The molecule has 2 nitrogen and oxygen atoms in total. The summed E-state index contributed by atoms with van der Waals surface area (Å²) in [5.41, 5.74) is 9.68. The van der Waals surface area contributed by atoms with Crippen LogP contribution in [0.4, 0.5) is 0 Å². The van der Waals surface area contributed by atoms with Crippen molar-refractivity contribution in [1.29, 1.82) is 0 Å². The number of hydrogen-bond acceptors (Lipinski definition) is 2. The molecule has 0 aromatic heterocycles. The zero-order valence-electron chi connectivity index (χ0n) is 21.8. The van der Waals surface area contributed by atoms with Crippen molar-refractivity contribution in [2.45, 2.75) is 99.3 Å². The highest BCUT2D eigenvalue weighted by molar-refractivity contribution is 5.63. The lowest BCUT2D eigenvalue weighted by Gasteiger charge is -2.69. The summed E-state index contributed by atoms with van der Waals surface area (Å²) in [6.45, 7) is 20.1. The van der Waals surface area contributed by atoms with Gasteiger partial charge in [0.15, 0.2) is 0 Å². The van der Waals surface area contributed by atoms with E-state index in [1.807, 2.05) is 0 Å². The summed E-state index contributed by atoms with van der Waals surface area (Å²) in [7, 11) is 0. The molecule has 4 aliphatic rings. The van der Waals surface area contributed by atoms with E-state index in [1.54, 1.807) is 5.57 Å². The van der Waals surface area contributed by atoms with Crippen LogP contribution in [0, 0.1) is 51.2 Å². The van der Waals surface area contributed by atoms with E-state index >= 15 is 0 Å². The Bertz CT molecular complexity index is 799. The monoisotopic (exact) mass is 439 g/mol. The molecule has 9 atom stereocenters. The SMILES string of the molecule is C=C(C)[C@@H]1CC[C@]2(C)[C@H](CC=C3[C@@H]4[C@@H](C)[C@H](C)CC[C@]4(C=O)CC[C@]32C)[C@@]1(C)CCCN. The van der Waals surface area contributed by atoms with E-state index in [1.165, 1.54) is 50.4 Å². The predicted octanol–water partition coefficient (Wildman–Crippen LogP) is 7.34. The molecule has 32 heavy (non-hydrogen) atoms. The molecule has 0 aromatic rings. The number of allylic oxidation sites excluding steroid dienone is 3. The molecule has 180 valence electrons. The highest BCUT2D eigenvalue weighted by atomic mass is 16.1. The third-order valence-corrected chi connectivity index (χ3v) is 12.1. The summed E-state index contributed by atoms with van der Waals surface area (Å²) in [5, 5.41) is 0. The molecule has 2 N–H and O–H groups in total. The summed E-state index contributed by atoms with van der Waals surface area (Å²) in [5.74, 6) is 2.99. The first-order valence-corrected chi connectivity index (χ1v) is 13.5. The molecule has 0 spiro atoms. The van der Waals surface area contributed by atoms with E-state index in [0.29, 0.717) is 29.6 Å². The van der Waals surface area contributed by atoms with Gasteiger partial charge < -0.3 is 10.5 Å². The Morgan fingerprint density at radius 2 is 1.88 bits per heavy atom. The van der Waals surface area contributed by atoms with Gasteiger partial charge >= 0.3 is 0 Å². The lowest BCUT2D eigenvalue weighted by Crippen LogP contribution is -2.62. The molecule has 0 unspecified atom stereocenters. The number of carbonyl (C=O) groups excluding carboxylic acids is 1. The first-order valence-electron chi connectivity index (χ1n) is 13.5. The van der Waals surface area contributed by atoms with Gasteiger partial charge in [-0.25, -0.2) is 0 Å². The Balaban J connectivity index is 1.82. The largest absolute Gasteiger partial charge is 0.330 e. The van der Waals surface area contributed by atoms with Crippen LogP contribution in [0.3, 0.4) is 0 Å². The molecule has 2 heteroatoms. The first kappa shape index (κ1) is 24.2. The molecular formula is C30H49NO. The molecule has 3 saturated carbocycles. The molecule has 4 rings (SSSR count). The van der Waals surface area contributed by atoms with E-state index in [9.17, 15) is 4.79 Å². The number of carbonyl (C=O) groups is 1. The van der Waals surface area contributed by atoms with Crippen LogP contribution >= 0.6 is 0 Å². The van der Waals surface area contributed by atoms with Gasteiger partial charge in [0.05, 0.1) is 0 Å². The zero-order valence-corrected chi connectivity index (χ0v) is 21.8. The van der Waals surface area contributed by atoms with Gasteiger partial charge in [0.25, 0.3) is 0 Å². The van der Waals surface area contributed by atoms with Gasteiger partial charge in [-0.3, -0.25) is 0 Å². The second-order valence-corrected chi connectivity index (χ2v) is 13.2. The van der Waals surface area contributed by atoms with Gasteiger partial charge in [-0.15, -0.1) is 0 Å². The van der Waals surface area contributed by atoms with Crippen molar-refractivity contribution >= 4 is 6.29 Å². The Hall–Kier alpha value is -0.890. The first-order chi connectivity index (χ1) is 15.0. The van der Waals surface area contributed by atoms with E-state index < -0.39 is 0 Å². The minimum absolute atomic E-state index is 0.113. The highest BCUT2D eigenvalue weighted by Crippen LogP contribution is 2.73. The fourth-order valence-corrected chi connectivity index (χ4v) is 9.76. The highest BCUT2D eigenvalue weighted by Gasteiger charge is 2.66. The van der Waals surface area contributed by atoms with Crippen LogP contribution in [-0.2, 0) is 4.79 Å². The molecular weight excluding hydrogens is 390 g/mol. The van der Waals surface area contributed by atoms with E-state index in [0.717, 1.165) is 25.8 Å². The van der Waals surface area contributed by atoms with Crippen molar-refractivity contribution in [2.24, 2.45) is 57.0 Å². The van der Waals surface area contributed by atoms with Crippen LogP contribution in [0.1, 0.15) is 99.3 Å². The second-order valence-electron chi connectivity index (χ2n) is 13.2. The van der Waals surface area contributed by atoms with Crippen molar-refractivity contribution in [1.82, 2.24) is 0 Å². The molecule has 3 fully saturated rings. The molecule has 0 aromatic carbocycles. The minimum atomic E-state index is -0.113. The average Bonchev–Trinajstić information content (AvgIpc) is 2.75. The Labute approximate surface area is 197 Å². The molecule has 0 radical (unpaired) electrons. The van der Waals surface area contributed by atoms with Crippen molar-refractivity contribution in [3.63, 3.8) is 0 Å². The van der Waals surface area contributed by atoms with E-state index in [4.69, 9.17) is 5.73 Å². The standard InChI is InChI=1S/C30H49NO/c1-20(2)23-12-14-29(7)25(27(23,5)13-8-18-31)10-9-24-26-22(4)21(3)11-15-30(26,19-32)17-16-28(24,29)6/h9,19,21-23,25-26H,1,8,10-18,31H2,2-7H3/t21-,22+,23+,25-,26+,27+,28-,29-,30-/m1/s1. The summed E-state index contributed by atoms with van der Waals surface area (Å²) in [6, 6.07) is 0. The van der Waals surface area contributed by atoms with Crippen molar-refractivity contribution in [3.8, 4) is 0 Å². The van der Waals surface area contributed by atoms with E-state index in [-0.39, 0.29) is 21.7 Å². The Morgan fingerprint density at radius 3 is 2.50 bits per heavy atom. The van der Waals surface area contributed by atoms with Gasteiger partial charge in [0.1, 0.15) is 6.29 Å². The summed E-state index contributed by atoms with van der Waals surface area (Å²) < 4.78 is 0. The second kappa shape index (κ2) is 8.10. The van der Waals surface area contributed by atoms with Gasteiger partial charge in [0, 0.05) is 5.41 Å². The topological polar surface area (TPSA) is 43.1 Å². The molecule has 0 aliphatic heterocycles. The van der Waals surface area contributed by atoms with Crippen molar-refractivity contribution < 1.29 is 4.79 Å². The van der Waals surface area contributed by atoms with Gasteiger partial charge in [0.2, 0.25) is 0 Å². The number of aldehydes is 1. The summed E-state index contributed by atoms with van der Waals surface area (Å²) >= 11 is 0. The van der Waals surface area contributed by atoms with Crippen molar-refractivity contribution in [2.75, 3.05) is 6.54 Å². The minimum Gasteiger partial charge on any atom is -0.330 e. The van der Waals surface area contributed by atoms with Crippen LogP contribution in [0.15, 0.2) is 23.8 Å². The normalized spacial score (nSPS) is 50.5. The quantitative estimate of drug-likeness (QED) is 0.360. The van der Waals surface area contributed by atoms with Crippen LogP contribution in [0.5, 0.6) is 0 Å². The molecule has 0 bridgehead atoms. The van der Waals surface area contributed by atoms with Crippen LogP contribution in [0.2, 0.25) is 0 Å². The van der Waals surface area contributed by atoms with Gasteiger partial charge in [-0.05, 0) is 117 Å². The van der Waals surface area contributed by atoms with Gasteiger partial charge in [-0.2, -0.15) is 0 Å². The lowest BCUT2D eigenvalue weighted by molar-refractivity contribution is -0.151. The maximum absolute atomic E-state index is 12.6. The summed E-state index contributed by atoms with van der Waals surface area (Å²) in [6.07, 6.45) is 14.6. The fourth-order valence-electron chi connectivity index (χ4n) is 9.76. The number of rotatable bonds is 5. The Morgan fingerprint density at radius 1 is 1.16 bits per heavy atom. The number of hydrogen-bond donors (Lipinski definition) is 1. The predicted molar refractivity (Wildman–Crippen MR) is 135 cm³/mol. The molecule has 0 saturated heterocycles. The van der Waals surface area contributed by atoms with Crippen LogP contribution < -0.4 is 5.73 Å². The van der Waals surface area contributed by atoms with Crippen LogP contribution in [-0.4, -0.2) is 12.8 Å². The van der Waals surface area contributed by atoms with Crippen LogP contribution in [0.25, 0.3) is 0 Å². The average molecular weight is 440 g/mol. The van der Waals surface area contributed by atoms with Crippen molar-refractivity contribution in [3.05, 3.63) is 23.8 Å². The number of nitrogens with two attached hydrogens (primary N) is 1. The Kier molecular flexibility index (Phi) is 6.14. The maximum Gasteiger partial charge on any atom is 0.126 e. The fraction of sp³-hybridized carbons (Fsp3) is 0.833. The third-order valence-electron chi connectivity index (χ3n) is 12.1. The third kappa shape index (κ3) is 3.10. The molecule has 4 aliphatic carbocycles. The molecule has 0 amide bonds. The maximum atomic E-state index is 12.6. The molecule has 0 heterocycles.